The molecule has 5 heteroatoms. The maximum absolute atomic E-state index is 9.75. The van der Waals surface area contributed by atoms with E-state index in [9.17, 15) is 5.11 Å². The van der Waals surface area contributed by atoms with Crippen LogP contribution in [-0.4, -0.2) is 33.6 Å². The lowest BCUT2D eigenvalue weighted by Gasteiger charge is -2.23. The van der Waals surface area contributed by atoms with Crippen LogP contribution in [0, 0.1) is 0 Å². The highest BCUT2D eigenvalue weighted by atomic mass is 16.5. The first-order chi connectivity index (χ1) is 8.65. The first kappa shape index (κ1) is 11.5. The Balaban J connectivity index is 2.16. The lowest BCUT2D eigenvalue weighted by molar-refractivity contribution is 0.0926. The standard InChI is InChI=1S/C13H17N3O2/c1-8(14)6-16-13-9(5-15-16)2-3-12-11(13)4-10(17)7-18-12/h2-3,5,8,10,17H,4,6-7,14H2,1H3/t8-,10+/m1/s1. The quantitative estimate of drug-likeness (QED) is 0.818. The van der Waals surface area contributed by atoms with Gasteiger partial charge in [0.1, 0.15) is 12.4 Å². The number of fused-ring (bicyclic) bond motifs is 3. The van der Waals surface area contributed by atoms with Gasteiger partial charge in [0, 0.05) is 23.4 Å². The molecular weight excluding hydrogens is 230 g/mol. The van der Waals surface area contributed by atoms with Crippen molar-refractivity contribution in [3.63, 3.8) is 0 Å². The van der Waals surface area contributed by atoms with Crippen LogP contribution in [0.25, 0.3) is 10.9 Å². The molecule has 0 saturated carbocycles. The number of nitrogens with zero attached hydrogens (tertiary/aromatic N) is 2. The van der Waals surface area contributed by atoms with Crippen LogP contribution < -0.4 is 10.5 Å². The Hall–Kier alpha value is -1.59. The molecule has 0 bridgehead atoms. The molecular formula is C13H17N3O2. The minimum atomic E-state index is -0.443. The number of hydrogen-bond acceptors (Lipinski definition) is 4. The van der Waals surface area contributed by atoms with E-state index in [1.807, 2.05) is 29.9 Å². The van der Waals surface area contributed by atoms with Crippen molar-refractivity contribution in [3.05, 3.63) is 23.9 Å². The van der Waals surface area contributed by atoms with Gasteiger partial charge in [0.2, 0.25) is 0 Å². The number of ether oxygens (including phenoxy) is 1. The highest BCUT2D eigenvalue weighted by Gasteiger charge is 2.22. The number of aliphatic hydroxyl groups is 1. The largest absolute Gasteiger partial charge is 0.491 e. The summed E-state index contributed by atoms with van der Waals surface area (Å²) in [6, 6.07) is 3.98. The second-order valence-electron chi connectivity index (χ2n) is 4.95. The summed E-state index contributed by atoms with van der Waals surface area (Å²) in [7, 11) is 0. The van der Waals surface area contributed by atoms with E-state index in [0.29, 0.717) is 19.6 Å². The lowest BCUT2D eigenvalue weighted by Crippen LogP contribution is -2.27. The summed E-state index contributed by atoms with van der Waals surface area (Å²) in [6.45, 7) is 2.98. The lowest BCUT2D eigenvalue weighted by atomic mass is 10.0. The Morgan fingerprint density at radius 1 is 1.61 bits per heavy atom. The van der Waals surface area contributed by atoms with Gasteiger partial charge in [-0.05, 0) is 19.1 Å². The number of rotatable bonds is 2. The van der Waals surface area contributed by atoms with Gasteiger partial charge in [-0.15, -0.1) is 0 Å². The molecule has 2 aromatic rings. The Bertz CT molecular complexity index is 577. The summed E-state index contributed by atoms with van der Waals surface area (Å²) in [4.78, 5) is 0. The molecule has 1 aromatic carbocycles. The third-order valence-electron chi connectivity index (χ3n) is 3.20. The van der Waals surface area contributed by atoms with Gasteiger partial charge < -0.3 is 15.6 Å². The van der Waals surface area contributed by atoms with Crippen molar-refractivity contribution in [2.24, 2.45) is 5.73 Å². The van der Waals surface area contributed by atoms with Gasteiger partial charge in [0.05, 0.1) is 24.4 Å². The SMILES string of the molecule is C[C@@H](N)Cn1ncc2ccc3c(c21)C[C@H](O)CO3. The molecule has 0 saturated heterocycles. The van der Waals surface area contributed by atoms with Crippen LogP contribution in [0.2, 0.25) is 0 Å². The van der Waals surface area contributed by atoms with Crippen molar-refractivity contribution in [1.29, 1.82) is 0 Å². The molecule has 1 aliphatic rings. The molecule has 2 atom stereocenters. The van der Waals surface area contributed by atoms with Crippen LogP contribution >= 0.6 is 0 Å². The summed E-state index contributed by atoms with van der Waals surface area (Å²) in [5, 5.41) is 15.2. The zero-order chi connectivity index (χ0) is 12.7. The van der Waals surface area contributed by atoms with E-state index in [0.717, 1.165) is 22.2 Å². The van der Waals surface area contributed by atoms with Crippen molar-refractivity contribution >= 4 is 10.9 Å². The van der Waals surface area contributed by atoms with E-state index in [2.05, 4.69) is 5.10 Å². The molecule has 1 aliphatic heterocycles. The molecule has 0 amide bonds. The van der Waals surface area contributed by atoms with E-state index in [1.165, 1.54) is 0 Å². The van der Waals surface area contributed by atoms with Crippen LogP contribution in [0.5, 0.6) is 5.75 Å². The molecule has 96 valence electrons. The fraction of sp³-hybridized carbons (Fsp3) is 0.462. The van der Waals surface area contributed by atoms with E-state index in [1.54, 1.807) is 0 Å². The van der Waals surface area contributed by atoms with Crippen molar-refractivity contribution in [2.75, 3.05) is 6.61 Å². The van der Waals surface area contributed by atoms with Gasteiger partial charge in [-0.25, -0.2) is 0 Å². The molecule has 5 nitrogen and oxygen atoms in total. The van der Waals surface area contributed by atoms with Crippen molar-refractivity contribution in [1.82, 2.24) is 9.78 Å². The van der Waals surface area contributed by atoms with E-state index < -0.39 is 6.10 Å². The second-order valence-corrected chi connectivity index (χ2v) is 4.95. The molecule has 2 heterocycles. The number of nitrogens with two attached hydrogens (primary N) is 1. The Morgan fingerprint density at radius 3 is 3.22 bits per heavy atom. The molecule has 1 aromatic heterocycles. The molecule has 18 heavy (non-hydrogen) atoms. The number of aromatic nitrogens is 2. The van der Waals surface area contributed by atoms with Gasteiger partial charge in [-0.2, -0.15) is 5.10 Å². The fourth-order valence-corrected chi connectivity index (χ4v) is 2.46. The average Bonchev–Trinajstić information content (AvgIpc) is 2.72. The van der Waals surface area contributed by atoms with Crippen molar-refractivity contribution in [2.45, 2.75) is 32.0 Å². The number of aliphatic hydroxyl groups excluding tert-OH is 1. The first-order valence-electron chi connectivity index (χ1n) is 6.19. The smallest absolute Gasteiger partial charge is 0.124 e. The van der Waals surface area contributed by atoms with E-state index in [4.69, 9.17) is 10.5 Å². The topological polar surface area (TPSA) is 73.3 Å². The van der Waals surface area contributed by atoms with Crippen molar-refractivity contribution in [3.8, 4) is 5.75 Å². The Kier molecular flexibility index (Phi) is 2.72. The van der Waals surface area contributed by atoms with Crippen LogP contribution in [0.3, 0.4) is 0 Å². The monoisotopic (exact) mass is 247 g/mol. The Labute approximate surface area is 105 Å². The summed E-state index contributed by atoms with van der Waals surface area (Å²) in [6.07, 6.45) is 2.00. The van der Waals surface area contributed by atoms with Crippen LogP contribution in [-0.2, 0) is 13.0 Å². The number of benzene rings is 1. The molecule has 0 unspecified atom stereocenters. The third kappa shape index (κ3) is 1.85. The van der Waals surface area contributed by atoms with Gasteiger partial charge in [0.25, 0.3) is 0 Å². The molecule has 0 radical (unpaired) electrons. The van der Waals surface area contributed by atoms with Gasteiger partial charge >= 0.3 is 0 Å². The molecule has 0 spiro atoms. The third-order valence-corrected chi connectivity index (χ3v) is 3.20. The Morgan fingerprint density at radius 2 is 2.44 bits per heavy atom. The minimum absolute atomic E-state index is 0.0402. The molecule has 3 N–H and O–H groups in total. The predicted molar refractivity (Wildman–Crippen MR) is 68.6 cm³/mol. The summed E-state index contributed by atoms with van der Waals surface area (Å²) < 4.78 is 7.45. The van der Waals surface area contributed by atoms with Gasteiger partial charge in [0.15, 0.2) is 0 Å². The van der Waals surface area contributed by atoms with Gasteiger partial charge in [-0.1, -0.05) is 0 Å². The molecule has 3 rings (SSSR count). The maximum Gasteiger partial charge on any atom is 0.124 e. The zero-order valence-corrected chi connectivity index (χ0v) is 10.3. The van der Waals surface area contributed by atoms with Crippen LogP contribution in [0.1, 0.15) is 12.5 Å². The average molecular weight is 247 g/mol. The van der Waals surface area contributed by atoms with Crippen LogP contribution in [0.15, 0.2) is 18.3 Å². The fourth-order valence-electron chi connectivity index (χ4n) is 2.46. The van der Waals surface area contributed by atoms with Crippen molar-refractivity contribution < 1.29 is 9.84 Å². The highest BCUT2D eigenvalue weighted by molar-refractivity contribution is 5.84. The summed E-state index contributed by atoms with van der Waals surface area (Å²) >= 11 is 0. The molecule has 0 aliphatic carbocycles. The summed E-state index contributed by atoms with van der Waals surface area (Å²) in [5.41, 5.74) is 7.90. The first-order valence-corrected chi connectivity index (χ1v) is 6.19. The predicted octanol–water partition coefficient (Wildman–Crippen LogP) is 0.679. The van der Waals surface area contributed by atoms with Crippen LogP contribution in [0.4, 0.5) is 0 Å². The second kappa shape index (κ2) is 4.26. The van der Waals surface area contributed by atoms with E-state index >= 15 is 0 Å². The van der Waals surface area contributed by atoms with E-state index in [-0.39, 0.29) is 6.04 Å². The maximum atomic E-state index is 9.75. The van der Waals surface area contributed by atoms with Gasteiger partial charge in [-0.3, -0.25) is 4.68 Å². The summed E-state index contributed by atoms with van der Waals surface area (Å²) in [5.74, 6) is 0.847. The normalized spacial score (nSPS) is 20.5. The molecule has 0 fully saturated rings. The zero-order valence-electron chi connectivity index (χ0n) is 10.3. The minimum Gasteiger partial charge on any atom is -0.491 e. The number of hydrogen-bond donors (Lipinski definition) is 2. The highest BCUT2D eigenvalue weighted by Crippen LogP contribution is 2.32.